The van der Waals surface area contributed by atoms with Crippen molar-refractivity contribution in [3.8, 4) is 0 Å². The molecule has 34 heavy (non-hydrogen) atoms. The Balaban J connectivity index is 1.40. The van der Waals surface area contributed by atoms with E-state index >= 15 is 0 Å². The Hall–Kier alpha value is -2.78. The average molecular weight is 488 g/mol. The van der Waals surface area contributed by atoms with Crippen molar-refractivity contribution in [3.05, 3.63) is 53.8 Å². The second-order valence-electron chi connectivity index (χ2n) is 8.96. The van der Waals surface area contributed by atoms with Crippen molar-refractivity contribution in [3.63, 3.8) is 0 Å². The summed E-state index contributed by atoms with van der Waals surface area (Å²) in [4.78, 5) is 26.7. The number of halogens is 1. The molecule has 2 heterocycles. The molecule has 1 N–H and O–H groups in total. The third kappa shape index (κ3) is 5.31. The molecule has 2 saturated heterocycles. The van der Waals surface area contributed by atoms with E-state index in [1.807, 2.05) is 0 Å². The van der Waals surface area contributed by atoms with Crippen LogP contribution < -0.4 is 10.2 Å². The molecule has 0 saturated carbocycles. The van der Waals surface area contributed by atoms with E-state index < -0.39 is 15.8 Å². The zero-order valence-corrected chi connectivity index (χ0v) is 20.1. The summed E-state index contributed by atoms with van der Waals surface area (Å²) in [6.45, 7) is 3.61. The van der Waals surface area contributed by atoms with Gasteiger partial charge in [0.05, 0.1) is 16.3 Å². The molecule has 2 aliphatic heterocycles. The molecule has 0 aromatic heterocycles. The maximum Gasteiger partial charge on any atom is 0.243 e. The molecule has 0 bridgehead atoms. The second kappa shape index (κ2) is 10.2. The number of piperidine rings is 2. The third-order valence-electron chi connectivity index (χ3n) is 6.64. The molecule has 1 amide bonds. The molecule has 0 atom stereocenters. The molecule has 0 aliphatic carbocycles. The van der Waals surface area contributed by atoms with Crippen LogP contribution >= 0.6 is 0 Å². The van der Waals surface area contributed by atoms with Gasteiger partial charge in [0.2, 0.25) is 15.9 Å². The van der Waals surface area contributed by atoms with E-state index in [1.165, 1.54) is 54.0 Å². The van der Waals surface area contributed by atoms with Crippen LogP contribution in [0.4, 0.5) is 15.8 Å². The van der Waals surface area contributed by atoms with Crippen LogP contribution in [-0.2, 0) is 14.8 Å². The van der Waals surface area contributed by atoms with Crippen molar-refractivity contribution in [2.75, 3.05) is 36.4 Å². The summed E-state index contributed by atoms with van der Waals surface area (Å²) < 4.78 is 41.3. The van der Waals surface area contributed by atoms with Crippen LogP contribution in [0.1, 0.15) is 49.4 Å². The van der Waals surface area contributed by atoms with Crippen LogP contribution in [0.15, 0.2) is 47.4 Å². The van der Waals surface area contributed by atoms with E-state index in [0.717, 1.165) is 31.6 Å². The highest BCUT2D eigenvalue weighted by Gasteiger charge is 2.32. The van der Waals surface area contributed by atoms with Crippen molar-refractivity contribution >= 4 is 33.1 Å². The maximum atomic E-state index is 14.0. The molecule has 2 aromatic rings. The highest BCUT2D eigenvalue weighted by atomic mass is 32.2. The lowest BCUT2D eigenvalue weighted by molar-refractivity contribution is -0.120. The monoisotopic (exact) mass is 487 g/mol. The highest BCUT2D eigenvalue weighted by molar-refractivity contribution is 7.89. The number of nitrogens with one attached hydrogen (secondary N) is 1. The van der Waals surface area contributed by atoms with E-state index in [4.69, 9.17) is 0 Å². The molecule has 2 aromatic carbocycles. The van der Waals surface area contributed by atoms with Crippen LogP contribution in [0.25, 0.3) is 0 Å². The Kier molecular flexibility index (Phi) is 7.33. The molecule has 2 aliphatic rings. The van der Waals surface area contributed by atoms with Gasteiger partial charge in [0, 0.05) is 37.7 Å². The van der Waals surface area contributed by atoms with Crippen LogP contribution in [0.5, 0.6) is 0 Å². The van der Waals surface area contributed by atoms with Gasteiger partial charge in [-0.05, 0) is 69.4 Å². The average Bonchev–Trinajstić information content (AvgIpc) is 2.85. The van der Waals surface area contributed by atoms with Crippen LogP contribution in [0.2, 0.25) is 0 Å². The van der Waals surface area contributed by atoms with Gasteiger partial charge in [-0.15, -0.1) is 0 Å². The number of carbonyl (C=O) groups excluding carboxylic acids is 2. The Bertz CT molecular complexity index is 1150. The van der Waals surface area contributed by atoms with Gasteiger partial charge < -0.3 is 10.2 Å². The minimum Gasteiger partial charge on any atom is -0.370 e. The first kappa shape index (κ1) is 24.3. The first-order chi connectivity index (χ1) is 16.3. The van der Waals surface area contributed by atoms with Gasteiger partial charge in [-0.25, -0.2) is 12.8 Å². The molecule has 182 valence electrons. The third-order valence-corrected chi connectivity index (χ3v) is 8.55. The fraction of sp³-hybridized carbons (Fsp3) is 0.440. The van der Waals surface area contributed by atoms with Gasteiger partial charge in [0.15, 0.2) is 5.78 Å². The summed E-state index contributed by atoms with van der Waals surface area (Å²) in [5.41, 5.74) is 1.74. The minimum absolute atomic E-state index is 0.127. The number of hydrogen-bond acceptors (Lipinski definition) is 5. The smallest absolute Gasteiger partial charge is 0.243 e. The zero-order valence-electron chi connectivity index (χ0n) is 19.3. The number of ketones is 1. The van der Waals surface area contributed by atoms with Crippen molar-refractivity contribution in [2.45, 2.75) is 43.9 Å². The van der Waals surface area contributed by atoms with Crippen molar-refractivity contribution in [2.24, 2.45) is 5.92 Å². The molecular formula is C25H30FN3O4S. The molecule has 0 radical (unpaired) electrons. The number of anilines is 2. The largest absolute Gasteiger partial charge is 0.370 e. The molecule has 0 spiro atoms. The van der Waals surface area contributed by atoms with Crippen LogP contribution in [0, 0.1) is 11.7 Å². The molecule has 4 rings (SSSR count). The molecule has 9 heteroatoms. The van der Waals surface area contributed by atoms with Gasteiger partial charge >= 0.3 is 0 Å². The summed E-state index contributed by atoms with van der Waals surface area (Å²) in [5.74, 6) is -1.11. The fourth-order valence-corrected chi connectivity index (χ4v) is 6.09. The lowest BCUT2D eigenvalue weighted by Gasteiger charge is -2.32. The standard InChI is InChI=1S/C25H30FN3O4S/c1-18(30)19-5-8-22(9-6-19)34(32,33)29-15-11-20(12-16-29)25(31)27-23-17-21(26)7-10-24(23)28-13-3-2-4-14-28/h5-10,17,20H,2-4,11-16H2,1H3,(H,27,31). The predicted octanol–water partition coefficient (Wildman–Crippen LogP) is 4.06. The maximum absolute atomic E-state index is 14.0. The summed E-state index contributed by atoms with van der Waals surface area (Å²) in [6, 6.07) is 10.4. The molecule has 0 unspecified atom stereocenters. The van der Waals surface area contributed by atoms with Gasteiger partial charge in [-0.1, -0.05) is 12.1 Å². The lowest BCUT2D eigenvalue weighted by atomic mass is 9.97. The van der Waals surface area contributed by atoms with E-state index in [9.17, 15) is 22.4 Å². The van der Waals surface area contributed by atoms with Crippen LogP contribution in [-0.4, -0.2) is 50.6 Å². The SMILES string of the molecule is CC(=O)c1ccc(S(=O)(=O)N2CCC(C(=O)Nc3cc(F)ccc3N3CCCCC3)CC2)cc1. The molecular weight excluding hydrogens is 457 g/mol. The number of amides is 1. The van der Waals surface area contributed by atoms with Crippen LogP contribution in [0.3, 0.4) is 0 Å². The summed E-state index contributed by atoms with van der Waals surface area (Å²) in [6.07, 6.45) is 4.06. The minimum atomic E-state index is -3.71. The van der Waals surface area contributed by atoms with Gasteiger partial charge in [-0.2, -0.15) is 4.31 Å². The van der Waals surface area contributed by atoms with Gasteiger partial charge in [0.25, 0.3) is 0 Å². The number of benzene rings is 2. The van der Waals surface area contributed by atoms with Gasteiger partial charge in [0.1, 0.15) is 5.82 Å². The summed E-state index contributed by atoms with van der Waals surface area (Å²) >= 11 is 0. The number of hydrogen-bond donors (Lipinski definition) is 1. The predicted molar refractivity (Wildman–Crippen MR) is 129 cm³/mol. The number of Topliss-reactive ketones (excluding diaryl/α,β-unsaturated/α-hetero) is 1. The highest BCUT2D eigenvalue weighted by Crippen LogP contribution is 2.31. The number of carbonyl (C=O) groups is 2. The Morgan fingerprint density at radius 1 is 0.941 bits per heavy atom. The van der Waals surface area contributed by atoms with E-state index in [2.05, 4.69) is 10.2 Å². The first-order valence-electron chi connectivity index (χ1n) is 11.7. The van der Waals surface area contributed by atoms with Crippen molar-refractivity contribution in [1.82, 2.24) is 4.31 Å². The second-order valence-corrected chi connectivity index (χ2v) is 10.9. The Morgan fingerprint density at radius 2 is 1.59 bits per heavy atom. The summed E-state index contributed by atoms with van der Waals surface area (Å²) in [5, 5.41) is 2.90. The summed E-state index contributed by atoms with van der Waals surface area (Å²) in [7, 11) is -3.71. The van der Waals surface area contributed by atoms with E-state index in [-0.39, 0.29) is 35.6 Å². The molecule has 7 nitrogen and oxygen atoms in total. The van der Waals surface area contributed by atoms with Gasteiger partial charge in [-0.3, -0.25) is 9.59 Å². The number of sulfonamides is 1. The van der Waals surface area contributed by atoms with E-state index in [0.29, 0.717) is 24.1 Å². The zero-order chi connectivity index (χ0) is 24.3. The van der Waals surface area contributed by atoms with Crippen molar-refractivity contribution in [1.29, 1.82) is 0 Å². The Morgan fingerprint density at radius 3 is 2.21 bits per heavy atom. The first-order valence-corrected chi connectivity index (χ1v) is 13.2. The quantitative estimate of drug-likeness (QED) is 0.621. The van der Waals surface area contributed by atoms with E-state index in [1.54, 1.807) is 6.07 Å². The fourth-order valence-electron chi connectivity index (χ4n) is 4.62. The number of rotatable bonds is 6. The molecule has 2 fully saturated rings. The van der Waals surface area contributed by atoms with Crippen molar-refractivity contribution < 1.29 is 22.4 Å². The topological polar surface area (TPSA) is 86.8 Å². The number of nitrogens with zero attached hydrogens (tertiary/aromatic N) is 2. The lowest BCUT2D eigenvalue weighted by Crippen LogP contribution is -2.41. The normalized spacial score (nSPS) is 18.0. The Labute approximate surface area is 200 Å².